The SMILES string of the molecule is CC(C)CCN1C(=O)C(C2=NS(=O)(=O)c3cc(O)ccc3N2)C(=O)[C@]1(C)C(C)C. The number of amides is 1. The third-order valence-corrected chi connectivity index (χ3v) is 7.22. The van der Waals surface area contributed by atoms with Crippen LogP contribution in [0.4, 0.5) is 5.69 Å². The molecule has 1 saturated heterocycles. The number of nitrogens with one attached hydrogen (secondary N) is 1. The molecule has 1 aromatic rings. The molecular weight excluding hydrogens is 394 g/mol. The number of likely N-dealkylation sites (tertiary alicyclic amines) is 1. The Labute approximate surface area is 171 Å². The number of Topliss-reactive ketones (excluding diaryl/α,β-unsaturated/α-hetero) is 1. The predicted octanol–water partition coefficient (Wildman–Crippen LogP) is 2.39. The number of ketones is 1. The molecule has 158 valence electrons. The fourth-order valence-electron chi connectivity index (χ4n) is 3.78. The van der Waals surface area contributed by atoms with Crippen molar-refractivity contribution in [1.29, 1.82) is 0 Å². The summed E-state index contributed by atoms with van der Waals surface area (Å²) in [7, 11) is -4.16. The maximum absolute atomic E-state index is 13.4. The van der Waals surface area contributed by atoms with E-state index < -0.39 is 27.4 Å². The van der Waals surface area contributed by atoms with Crippen molar-refractivity contribution in [2.24, 2.45) is 22.2 Å². The summed E-state index contributed by atoms with van der Waals surface area (Å²) in [6.07, 6.45) is 0.731. The van der Waals surface area contributed by atoms with Crippen molar-refractivity contribution in [3.05, 3.63) is 18.2 Å². The highest BCUT2D eigenvalue weighted by Gasteiger charge is 2.59. The number of phenols is 1. The van der Waals surface area contributed by atoms with Gasteiger partial charge in [-0.1, -0.05) is 27.7 Å². The van der Waals surface area contributed by atoms with Crippen LogP contribution in [0.25, 0.3) is 0 Å². The van der Waals surface area contributed by atoms with Gasteiger partial charge >= 0.3 is 0 Å². The Balaban J connectivity index is 2.05. The van der Waals surface area contributed by atoms with Crippen LogP contribution < -0.4 is 5.32 Å². The Bertz CT molecular complexity index is 999. The zero-order valence-electron chi connectivity index (χ0n) is 17.3. The van der Waals surface area contributed by atoms with Gasteiger partial charge in [-0.25, -0.2) is 0 Å². The maximum atomic E-state index is 13.4. The summed E-state index contributed by atoms with van der Waals surface area (Å²) in [4.78, 5) is 28.1. The van der Waals surface area contributed by atoms with Gasteiger partial charge in [0.15, 0.2) is 11.7 Å². The number of carbonyl (C=O) groups excluding carboxylic acids is 2. The zero-order valence-corrected chi connectivity index (χ0v) is 18.1. The first-order valence-electron chi connectivity index (χ1n) is 9.70. The topological polar surface area (TPSA) is 116 Å². The van der Waals surface area contributed by atoms with Gasteiger partial charge in [0.1, 0.15) is 22.0 Å². The standard InChI is InChI=1S/C20H27N3O5S/c1-11(2)8-9-23-19(26)16(17(25)20(23,5)12(3)4)18-21-14-7-6-13(24)10-15(14)29(27,28)22-18/h6-7,10-12,16,24H,8-9H2,1-5H3,(H,21,22)/t16?,20-/m0/s1. The van der Waals surface area contributed by atoms with E-state index in [0.29, 0.717) is 12.5 Å². The molecule has 2 atom stereocenters. The second-order valence-corrected chi connectivity index (χ2v) is 10.1. The lowest BCUT2D eigenvalue weighted by molar-refractivity contribution is -0.134. The summed E-state index contributed by atoms with van der Waals surface area (Å²) in [6, 6.07) is 3.80. The van der Waals surface area contributed by atoms with E-state index in [2.05, 4.69) is 9.71 Å². The predicted molar refractivity (Wildman–Crippen MR) is 109 cm³/mol. The number of hydrogen-bond donors (Lipinski definition) is 2. The third kappa shape index (κ3) is 3.41. The lowest BCUT2D eigenvalue weighted by Crippen LogP contribution is -2.51. The number of sulfonamides is 1. The van der Waals surface area contributed by atoms with Crippen LogP contribution in [0.1, 0.15) is 41.0 Å². The van der Waals surface area contributed by atoms with E-state index in [0.717, 1.165) is 12.5 Å². The number of benzene rings is 1. The molecule has 1 unspecified atom stereocenters. The average molecular weight is 422 g/mol. The number of amidine groups is 1. The molecule has 9 heteroatoms. The Kier molecular flexibility index (Phi) is 5.23. The highest BCUT2D eigenvalue weighted by atomic mass is 32.2. The Morgan fingerprint density at radius 1 is 1.24 bits per heavy atom. The zero-order chi connectivity index (χ0) is 21.7. The molecule has 0 radical (unpaired) electrons. The molecule has 3 rings (SSSR count). The quantitative estimate of drug-likeness (QED) is 0.557. The highest BCUT2D eigenvalue weighted by molar-refractivity contribution is 7.90. The first-order valence-corrected chi connectivity index (χ1v) is 11.1. The monoisotopic (exact) mass is 421 g/mol. The van der Waals surface area contributed by atoms with Gasteiger partial charge in [-0.2, -0.15) is 8.42 Å². The molecule has 1 aromatic carbocycles. The van der Waals surface area contributed by atoms with E-state index in [1.165, 1.54) is 12.1 Å². The normalized spacial score (nSPS) is 26.0. The van der Waals surface area contributed by atoms with Gasteiger partial charge < -0.3 is 15.3 Å². The summed E-state index contributed by atoms with van der Waals surface area (Å²) in [5.41, 5.74) is -0.861. The van der Waals surface area contributed by atoms with Crippen molar-refractivity contribution < 1.29 is 23.1 Å². The number of aromatic hydroxyl groups is 1. The minimum Gasteiger partial charge on any atom is -0.508 e. The van der Waals surface area contributed by atoms with Crippen LogP contribution in [-0.2, 0) is 19.6 Å². The Morgan fingerprint density at radius 2 is 1.90 bits per heavy atom. The first kappa shape index (κ1) is 21.3. The largest absolute Gasteiger partial charge is 0.508 e. The van der Waals surface area contributed by atoms with Gasteiger partial charge in [0, 0.05) is 12.6 Å². The summed E-state index contributed by atoms with van der Waals surface area (Å²) in [6.45, 7) is 9.98. The van der Waals surface area contributed by atoms with Crippen LogP contribution in [0.5, 0.6) is 5.75 Å². The highest BCUT2D eigenvalue weighted by Crippen LogP contribution is 2.40. The number of rotatable bonds is 5. The summed E-state index contributed by atoms with van der Waals surface area (Å²) in [5.74, 6) is -2.29. The van der Waals surface area contributed by atoms with Gasteiger partial charge in [-0.15, -0.1) is 4.40 Å². The summed E-state index contributed by atoms with van der Waals surface area (Å²) in [5, 5.41) is 12.4. The number of anilines is 1. The van der Waals surface area contributed by atoms with E-state index in [1.807, 2.05) is 27.7 Å². The van der Waals surface area contributed by atoms with E-state index in [-0.39, 0.29) is 33.9 Å². The van der Waals surface area contributed by atoms with Crippen LogP contribution in [0.2, 0.25) is 0 Å². The van der Waals surface area contributed by atoms with Gasteiger partial charge in [-0.05, 0) is 37.3 Å². The number of carbonyl (C=O) groups is 2. The second-order valence-electron chi connectivity index (χ2n) is 8.53. The van der Waals surface area contributed by atoms with E-state index in [4.69, 9.17) is 0 Å². The molecule has 2 N–H and O–H groups in total. The minimum atomic E-state index is -4.16. The Hall–Kier alpha value is -2.42. The van der Waals surface area contributed by atoms with E-state index in [1.54, 1.807) is 11.8 Å². The van der Waals surface area contributed by atoms with Crippen molar-refractivity contribution >= 4 is 33.2 Å². The molecule has 2 aliphatic heterocycles. The molecular formula is C20H27N3O5S. The number of hydrogen-bond acceptors (Lipinski definition) is 6. The molecule has 0 saturated carbocycles. The number of nitrogens with zero attached hydrogens (tertiary/aromatic N) is 2. The lowest BCUT2D eigenvalue weighted by Gasteiger charge is -2.37. The summed E-state index contributed by atoms with van der Waals surface area (Å²) < 4.78 is 29.0. The second kappa shape index (κ2) is 7.12. The van der Waals surface area contributed by atoms with Gasteiger partial charge in [0.05, 0.1) is 5.69 Å². The number of fused-ring (bicyclic) bond motifs is 1. The minimum absolute atomic E-state index is 0.152. The molecule has 0 spiro atoms. The van der Waals surface area contributed by atoms with Crippen LogP contribution in [0, 0.1) is 17.8 Å². The fraction of sp³-hybridized carbons (Fsp3) is 0.550. The van der Waals surface area contributed by atoms with Crippen molar-refractivity contribution in [2.75, 3.05) is 11.9 Å². The maximum Gasteiger partial charge on any atom is 0.286 e. The third-order valence-electron chi connectivity index (χ3n) is 5.89. The summed E-state index contributed by atoms with van der Waals surface area (Å²) >= 11 is 0. The molecule has 0 aromatic heterocycles. The molecule has 0 bridgehead atoms. The van der Waals surface area contributed by atoms with Crippen molar-refractivity contribution in [1.82, 2.24) is 4.90 Å². The van der Waals surface area contributed by atoms with Crippen LogP contribution in [0.3, 0.4) is 0 Å². The van der Waals surface area contributed by atoms with Gasteiger partial charge in [0.2, 0.25) is 5.91 Å². The van der Waals surface area contributed by atoms with Crippen molar-refractivity contribution in [3.8, 4) is 5.75 Å². The molecule has 2 heterocycles. The van der Waals surface area contributed by atoms with E-state index in [9.17, 15) is 23.1 Å². The van der Waals surface area contributed by atoms with Crippen LogP contribution in [0.15, 0.2) is 27.5 Å². The van der Waals surface area contributed by atoms with E-state index >= 15 is 0 Å². The average Bonchev–Trinajstić information content (AvgIpc) is 2.80. The van der Waals surface area contributed by atoms with Crippen molar-refractivity contribution in [3.63, 3.8) is 0 Å². The molecule has 8 nitrogen and oxygen atoms in total. The van der Waals surface area contributed by atoms with Crippen molar-refractivity contribution in [2.45, 2.75) is 51.5 Å². The van der Waals surface area contributed by atoms with Gasteiger partial charge in [0.25, 0.3) is 10.0 Å². The molecule has 1 fully saturated rings. The number of phenolic OH excluding ortho intramolecular Hbond substituents is 1. The first-order chi connectivity index (χ1) is 13.4. The fourth-order valence-corrected chi connectivity index (χ4v) is 4.96. The lowest BCUT2D eigenvalue weighted by atomic mass is 9.82. The van der Waals surface area contributed by atoms with Crippen LogP contribution in [-0.4, -0.2) is 48.0 Å². The molecule has 29 heavy (non-hydrogen) atoms. The molecule has 0 aliphatic carbocycles. The smallest absolute Gasteiger partial charge is 0.286 e. The Morgan fingerprint density at radius 3 is 2.48 bits per heavy atom. The molecule has 1 amide bonds. The molecule has 2 aliphatic rings. The van der Waals surface area contributed by atoms with Crippen LogP contribution >= 0.6 is 0 Å². The van der Waals surface area contributed by atoms with Gasteiger partial charge in [-0.3, -0.25) is 9.59 Å².